The minimum Gasteiger partial charge on any atom is -0.465 e. The van der Waals surface area contributed by atoms with Gasteiger partial charge in [0.2, 0.25) is 0 Å². The molecule has 0 aliphatic rings. The molecule has 112 valence electrons. The molecule has 0 saturated heterocycles. The van der Waals surface area contributed by atoms with Gasteiger partial charge in [0.1, 0.15) is 21.4 Å². The highest BCUT2D eigenvalue weighted by Gasteiger charge is 2.25. The highest BCUT2D eigenvalue weighted by Crippen LogP contribution is 2.38. The fourth-order valence-electron chi connectivity index (χ4n) is 2.07. The summed E-state index contributed by atoms with van der Waals surface area (Å²) >= 11 is 2.97. The first kappa shape index (κ1) is 15.0. The molecule has 0 unspecified atom stereocenters. The van der Waals surface area contributed by atoms with Crippen LogP contribution in [0.5, 0.6) is 0 Å². The molecule has 0 aliphatic heterocycles. The van der Waals surface area contributed by atoms with Crippen LogP contribution in [0, 0.1) is 0 Å². The Balaban J connectivity index is 1.96. The van der Waals surface area contributed by atoms with Crippen molar-refractivity contribution in [3.8, 4) is 0 Å². The number of esters is 1. The number of carbonyl (C=O) groups is 1. The molecule has 0 aliphatic carbocycles. The van der Waals surface area contributed by atoms with Crippen molar-refractivity contribution in [2.45, 2.75) is 17.2 Å². The summed E-state index contributed by atoms with van der Waals surface area (Å²) in [6.07, 6.45) is 1.54. The first-order valence-corrected chi connectivity index (χ1v) is 8.62. The second kappa shape index (κ2) is 6.89. The molecular formula is C16H14N2O2S2. The van der Waals surface area contributed by atoms with Gasteiger partial charge in [0.05, 0.1) is 6.61 Å². The highest BCUT2D eigenvalue weighted by atomic mass is 32.2. The van der Waals surface area contributed by atoms with E-state index in [-0.39, 0.29) is 5.97 Å². The maximum Gasteiger partial charge on any atom is 0.324 e. The number of ether oxygens (including phenoxy) is 1. The summed E-state index contributed by atoms with van der Waals surface area (Å²) < 4.78 is 5.22. The van der Waals surface area contributed by atoms with Crippen LogP contribution in [0.4, 0.5) is 0 Å². The molecule has 22 heavy (non-hydrogen) atoms. The maximum absolute atomic E-state index is 12.3. The van der Waals surface area contributed by atoms with Crippen LogP contribution in [0.25, 0.3) is 10.2 Å². The molecule has 6 heteroatoms. The van der Waals surface area contributed by atoms with Gasteiger partial charge in [0.25, 0.3) is 0 Å². The summed E-state index contributed by atoms with van der Waals surface area (Å²) in [6.45, 7) is 2.17. The van der Waals surface area contributed by atoms with E-state index in [4.69, 9.17) is 4.74 Å². The Morgan fingerprint density at radius 1 is 1.27 bits per heavy atom. The van der Waals surface area contributed by atoms with E-state index in [9.17, 15) is 4.79 Å². The molecule has 4 nitrogen and oxygen atoms in total. The number of hydrogen-bond acceptors (Lipinski definition) is 6. The van der Waals surface area contributed by atoms with Crippen molar-refractivity contribution in [3.05, 3.63) is 53.7 Å². The molecule has 0 spiro atoms. The number of hydrogen-bond donors (Lipinski definition) is 0. The van der Waals surface area contributed by atoms with Crippen LogP contribution in [0.15, 0.2) is 53.1 Å². The summed E-state index contributed by atoms with van der Waals surface area (Å²) in [5, 5.41) is 3.32. The largest absolute Gasteiger partial charge is 0.465 e. The van der Waals surface area contributed by atoms with Gasteiger partial charge in [-0.25, -0.2) is 9.97 Å². The molecule has 0 N–H and O–H groups in total. The number of nitrogens with zero attached hydrogens (tertiary/aromatic N) is 2. The number of benzene rings is 1. The zero-order valence-electron chi connectivity index (χ0n) is 11.9. The van der Waals surface area contributed by atoms with Gasteiger partial charge < -0.3 is 4.74 Å². The second-order valence-electron chi connectivity index (χ2n) is 4.48. The fraction of sp³-hybridized carbons (Fsp3) is 0.188. The van der Waals surface area contributed by atoms with Crippen molar-refractivity contribution in [2.24, 2.45) is 0 Å². The van der Waals surface area contributed by atoms with Crippen molar-refractivity contribution in [1.29, 1.82) is 0 Å². The van der Waals surface area contributed by atoms with Crippen LogP contribution in [0.3, 0.4) is 0 Å². The quantitative estimate of drug-likeness (QED) is 0.401. The first-order chi connectivity index (χ1) is 10.8. The summed E-state index contributed by atoms with van der Waals surface area (Å²) in [4.78, 5) is 21.8. The molecule has 3 aromatic rings. The summed E-state index contributed by atoms with van der Waals surface area (Å²) in [5.41, 5.74) is 0.910. The number of rotatable bonds is 5. The lowest BCUT2D eigenvalue weighted by atomic mass is 10.1. The standard InChI is InChI=1S/C16H14N2O2S2/c1-2-20-16(19)13(11-6-4-3-5-7-11)22-15-12-8-9-21-14(12)17-10-18-15/h3-10,13H,2H2,1H3/t13-/m0/s1. The van der Waals surface area contributed by atoms with Crippen molar-refractivity contribution in [2.75, 3.05) is 6.61 Å². The van der Waals surface area contributed by atoms with E-state index in [0.717, 1.165) is 20.8 Å². The lowest BCUT2D eigenvalue weighted by Crippen LogP contribution is -2.13. The zero-order chi connectivity index (χ0) is 15.4. The van der Waals surface area contributed by atoms with Crippen LogP contribution >= 0.6 is 23.1 Å². The van der Waals surface area contributed by atoms with E-state index in [1.807, 2.05) is 48.7 Å². The average Bonchev–Trinajstić information content (AvgIpc) is 3.03. The molecule has 0 bridgehead atoms. The highest BCUT2D eigenvalue weighted by molar-refractivity contribution is 8.00. The lowest BCUT2D eigenvalue weighted by molar-refractivity contribution is -0.142. The number of thioether (sulfide) groups is 1. The Kier molecular flexibility index (Phi) is 4.70. The molecular weight excluding hydrogens is 316 g/mol. The van der Waals surface area contributed by atoms with Gasteiger partial charge in [-0.3, -0.25) is 4.79 Å². The molecule has 2 heterocycles. The third-order valence-corrected chi connectivity index (χ3v) is 5.13. The molecule has 0 saturated carbocycles. The minimum absolute atomic E-state index is 0.249. The zero-order valence-corrected chi connectivity index (χ0v) is 13.6. The third-order valence-electron chi connectivity index (χ3n) is 3.06. The predicted molar refractivity (Wildman–Crippen MR) is 89.1 cm³/mol. The number of thiophene rings is 1. The van der Waals surface area contributed by atoms with E-state index >= 15 is 0 Å². The monoisotopic (exact) mass is 330 g/mol. The van der Waals surface area contributed by atoms with Crippen LogP contribution in [0.2, 0.25) is 0 Å². The van der Waals surface area contributed by atoms with Gasteiger partial charge in [-0.05, 0) is 23.9 Å². The SMILES string of the molecule is CCOC(=O)[C@@H](Sc1ncnc2sccc12)c1ccccc1. The minimum atomic E-state index is -0.431. The predicted octanol–water partition coefficient (Wildman–Crippen LogP) is 4.09. The van der Waals surface area contributed by atoms with Crippen molar-refractivity contribution in [1.82, 2.24) is 9.97 Å². The van der Waals surface area contributed by atoms with E-state index in [1.54, 1.807) is 11.3 Å². The Labute approximate surface area is 136 Å². The van der Waals surface area contributed by atoms with E-state index < -0.39 is 5.25 Å². The smallest absolute Gasteiger partial charge is 0.324 e. The topological polar surface area (TPSA) is 52.1 Å². The van der Waals surface area contributed by atoms with E-state index in [2.05, 4.69) is 9.97 Å². The molecule has 0 fully saturated rings. The molecule has 3 rings (SSSR count). The van der Waals surface area contributed by atoms with Gasteiger partial charge >= 0.3 is 5.97 Å². The van der Waals surface area contributed by atoms with Crippen LogP contribution in [-0.4, -0.2) is 22.5 Å². The first-order valence-electron chi connectivity index (χ1n) is 6.86. The van der Waals surface area contributed by atoms with Gasteiger partial charge in [0, 0.05) is 5.39 Å². The third kappa shape index (κ3) is 3.13. The molecule has 1 aromatic carbocycles. The molecule has 2 aromatic heterocycles. The Morgan fingerprint density at radius 3 is 2.86 bits per heavy atom. The fourth-order valence-corrected chi connectivity index (χ4v) is 3.95. The van der Waals surface area contributed by atoms with Crippen LogP contribution in [0.1, 0.15) is 17.7 Å². The number of fused-ring (bicyclic) bond motifs is 1. The van der Waals surface area contributed by atoms with Crippen molar-refractivity contribution < 1.29 is 9.53 Å². The van der Waals surface area contributed by atoms with Crippen molar-refractivity contribution in [3.63, 3.8) is 0 Å². The summed E-state index contributed by atoms with van der Waals surface area (Å²) in [6, 6.07) is 11.6. The molecule has 0 radical (unpaired) electrons. The van der Waals surface area contributed by atoms with Crippen molar-refractivity contribution >= 4 is 39.3 Å². The summed E-state index contributed by atoms with van der Waals surface area (Å²) in [5.74, 6) is -0.249. The summed E-state index contributed by atoms with van der Waals surface area (Å²) in [7, 11) is 0. The number of carbonyl (C=O) groups excluding carboxylic acids is 1. The Bertz CT molecular complexity index is 774. The van der Waals surface area contributed by atoms with Gasteiger partial charge in [-0.15, -0.1) is 11.3 Å². The van der Waals surface area contributed by atoms with E-state index in [0.29, 0.717) is 6.61 Å². The normalized spacial score (nSPS) is 12.2. The van der Waals surface area contributed by atoms with Crippen LogP contribution in [-0.2, 0) is 9.53 Å². The van der Waals surface area contributed by atoms with Gasteiger partial charge in [-0.2, -0.15) is 0 Å². The molecule has 1 atom stereocenters. The molecule has 0 amide bonds. The second-order valence-corrected chi connectivity index (χ2v) is 6.47. The maximum atomic E-state index is 12.3. The lowest BCUT2D eigenvalue weighted by Gasteiger charge is -2.15. The van der Waals surface area contributed by atoms with Crippen LogP contribution < -0.4 is 0 Å². The Hall–Kier alpha value is -1.92. The Morgan fingerprint density at radius 2 is 2.09 bits per heavy atom. The average molecular weight is 330 g/mol. The van der Waals surface area contributed by atoms with Gasteiger partial charge in [-0.1, -0.05) is 42.1 Å². The van der Waals surface area contributed by atoms with Gasteiger partial charge in [0.15, 0.2) is 0 Å². The van der Waals surface area contributed by atoms with E-state index in [1.165, 1.54) is 18.1 Å². The number of aromatic nitrogens is 2.